The number of nitrogens with zero attached hydrogens (tertiary/aromatic N) is 2. The van der Waals surface area contributed by atoms with E-state index < -0.39 is 0 Å². The van der Waals surface area contributed by atoms with E-state index in [1.807, 2.05) is 0 Å². The highest BCUT2D eigenvalue weighted by Gasteiger charge is 2.33. The summed E-state index contributed by atoms with van der Waals surface area (Å²) in [6.45, 7) is 23.3. The monoisotopic (exact) mass is 693 g/mol. The van der Waals surface area contributed by atoms with Gasteiger partial charge in [0.1, 0.15) is 0 Å². The molecular weight excluding hydrogens is 629 g/mol. The van der Waals surface area contributed by atoms with E-state index in [-0.39, 0.29) is 10.8 Å². The number of hydrogen-bond acceptors (Lipinski definition) is 2. The Bertz CT molecular complexity index is 1730. The molecule has 0 saturated carbocycles. The minimum atomic E-state index is -0.195. The van der Waals surface area contributed by atoms with Crippen LogP contribution in [0.5, 0.6) is 0 Å². The van der Waals surface area contributed by atoms with E-state index in [4.69, 9.17) is 13.2 Å². The van der Waals surface area contributed by atoms with Gasteiger partial charge in [-0.05, 0) is 119 Å². The topological polar surface area (TPSA) is 6.48 Å². The number of aryl methyl sites for hydroxylation is 4. The van der Waals surface area contributed by atoms with Crippen LogP contribution in [0.4, 0.5) is 11.4 Å². The Morgan fingerprint density at radius 1 is 0.558 bits per heavy atom. The molecule has 0 aliphatic carbocycles. The second-order valence-corrected chi connectivity index (χ2v) is 15.6. The van der Waals surface area contributed by atoms with Crippen molar-refractivity contribution >= 4 is 23.5 Å². The van der Waals surface area contributed by atoms with Crippen molar-refractivity contribution in [3.05, 3.63) is 166 Å². The summed E-state index contributed by atoms with van der Waals surface area (Å²) in [6, 6.07) is 31.5. The van der Waals surface area contributed by atoms with Gasteiger partial charge in [-0.25, -0.2) is 0 Å². The summed E-state index contributed by atoms with van der Waals surface area (Å²) < 4.78 is 0. The molecule has 0 bridgehead atoms. The van der Waals surface area contributed by atoms with Gasteiger partial charge < -0.3 is 9.80 Å². The Balaban J connectivity index is 1.62. The van der Waals surface area contributed by atoms with Gasteiger partial charge in [0, 0.05) is 50.4 Å². The van der Waals surface area contributed by atoms with E-state index in [9.17, 15) is 0 Å². The molecule has 0 amide bonds. The molecule has 4 aromatic carbocycles. The van der Waals surface area contributed by atoms with Gasteiger partial charge in [0.2, 0.25) is 0 Å². The molecule has 0 heterocycles. The van der Waals surface area contributed by atoms with Crippen LogP contribution < -0.4 is 9.80 Å². The molecule has 2 nitrogen and oxygen atoms in total. The smallest absolute Gasteiger partial charge is 0.0361 e. The molecule has 0 radical (unpaired) electrons. The van der Waals surface area contributed by atoms with E-state index in [1.165, 1.54) is 55.9 Å². The van der Waals surface area contributed by atoms with Crippen LogP contribution in [0.1, 0.15) is 97.9 Å². The Morgan fingerprint density at radius 2 is 0.904 bits per heavy atom. The van der Waals surface area contributed by atoms with Crippen LogP contribution in [-0.4, -0.2) is 28.2 Å². The van der Waals surface area contributed by atoms with Crippen LogP contribution in [0.25, 0.3) is 12.2 Å². The van der Waals surface area contributed by atoms with Crippen molar-refractivity contribution in [3.63, 3.8) is 0 Å². The minimum absolute atomic E-state index is 0.195. The molecule has 2 unspecified atom stereocenters. The van der Waals surface area contributed by atoms with Crippen molar-refractivity contribution in [1.82, 2.24) is 0 Å². The van der Waals surface area contributed by atoms with Crippen molar-refractivity contribution in [2.45, 2.75) is 90.9 Å². The third kappa shape index (κ3) is 9.65. The highest BCUT2D eigenvalue weighted by molar-refractivity contribution is 5.61. The molecule has 52 heavy (non-hydrogen) atoms. The van der Waals surface area contributed by atoms with Crippen LogP contribution in [0.15, 0.2) is 121 Å². The molecule has 2 heteroatoms. The molecular formula is C50H64N2. The zero-order valence-electron chi connectivity index (χ0n) is 33.9. The normalized spacial score (nSPS) is 14.0. The highest BCUT2D eigenvalue weighted by atomic mass is 15.1. The molecule has 0 aliphatic heterocycles. The number of hydrogen-bond donors (Lipinski definition) is 0. The zero-order chi connectivity index (χ0) is 38.1. The van der Waals surface area contributed by atoms with Gasteiger partial charge >= 0.3 is 0 Å². The van der Waals surface area contributed by atoms with Crippen LogP contribution in [0, 0.1) is 13.8 Å². The maximum Gasteiger partial charge on any atom is 0.0361 e. The first kappa shape index (κ1) is 40.2. The van der Waals surface area contributed by atoms with Gasteiger partial charge in [-0.3, -0.25) is 0 Å². The molecule has 274 valence electrons. The molecule has 4 rings (SSSR count). The number of unbranched alkanes of at least 4 members (excludes halogenated alkanes) is 1. The average molecular weight is 693 g/mol. The van der Waals surface area contributed by atoms with Gasteiger partial charge in [-0.15, -0.1) is 0 Å². The van der Waals surface area contributed by atoms with E-state index >= 15 is 0 Å². The Hall–Kier alpha value is -4.56. The van der Waals surface area contributed by atoms with Crippen molar-refractivity contribution in [3.8, 4) is 0 Å². The number of anilines is 2. The molecule has 4 aromatic rings. The lowest BCUT2D eigenvalue weighted by Crippen LogP contribution is -2.27. The van der Waals surface area contributed by atoms with Crippen LogP contribution >= 0.6 is 0 Å². The minimum Gasteiger partial charge on any atom is -0.378 e. The predicted octanol–water partition coefficient (Wildman–Crippen LogP) is 12.9. The fraction of sp³-hybridized carbons (Fsp3) is 0.360. The number of rotatable bonds is 17. The van der Waals surface area contributed by atoms with Crippen molar-refractivity contribution in [2.24, 2.45) is 0 Å². The molecule has 0 saturated heterocycles. The summed E-state index contributed by atoms with van der Waals surface area (Å²) in [4.78, 5) is 4.27. The molecule has 0 spiro atoms. The standard InChI is InChI=1S/C50H64N2/c1-13-41-21-17-37(3)47(35-41)49(7,39(5)19-23-43-25-29-45(30-26-43)51(9)10)33-15-16-34-50(8,48-36-42(14-2)22-18-38(48)4)40(6)20-24-44-27-31-46(32-28-44)52(11)12/h17-32,35-36H,5-6,13-16,33-34H2,1-4,7-12H3. The second-order valence-electron chi connectivity index (χ2n) is 15.6. The summed E-state index contributed by atoms with van der Waals surface area (Å²) in [6.07, 6.45) is 15.2. The van der Waals surface area contributed by atoms with Gasteiger partial charge in [0.05, 0.1) is 0 Å². The van der Waals surface area contributed by atoms with Crippen molar-refractivity contribution in [2.75, 3.05) is 38.0 Å². The Labute approximate surface area is 317 Å². The van der Waals surface area contributed by atoms with Gasteiger partial charge in [-0.1, -0.05) is 139 Å². The fourth-order valence-corrected chi connectivity index (χ4v) is 7.39. The summed E-state index contributed by atoms with van der Waals surface area (Å²) >= 11 is 0. The average Bonchev–Trinajstić information content (AvgIpc) is 3.14. The molecule has 0 aliphatic rings. The summed E-state index contributed by atoms with van der Waals surface area (Å²) in [7, 11) is 8.31. The lowest BCUT2D eigenvalue weighted by atomic mass is 9.68. The fourth-order valence-electron chi connectivity index (χ4n) is 7.39. The summed E-state index contributed by atoms with van der Waals surface area (Å²) in [5.41, 5.74) is 14.9. The summed E-state index contributed by atoms with van der Waals surface area (Å²) in [5, 5.41) is 0. The lowest BCUT2D eigenvalue weighted by molar-refractivity contribution is 0.433. The second kappa shape index (κ2) is 17.8. The van der Waals surface area contributed by atoms with E-state index in [0.717, 1.165) is 49.7 Å². The first-order valence-electron chi connectivity index (χ1n) is 19.2. The van der Waals surface area contributed by atoms with Crippen molar-refractivity contribution in [1.29, 1.82) is 0 Å². The van der Waals surface area contributed by atoms with Crippen LogP contribution in [0.2, 0.25) is 0 Å². The largest absolute Gasteiger partial charge is 0.378 e. The molecule has 0 fully saturated rings. The third-order valence-electron chi connectivity index (χ3n) is 11.4. The van der Waals surface area contributed by atoms with E-state index in [1.54, 1.807) is 0 Å². The first-order valence-corrected chi connectivity index (χ1v) is 19.2. The van der Waals surface area contributed by atoms with Crippen molar-refractivity contribution < 1.29 is 0 Å². The molecule has 0 aromatic heterocycles. The SMILES string of the molecule is C=C(C=Cc1ccc(N(C)C)cc1)C(C)(CCCCC(C)(C(=C)C=Cc1ccc(N(C)C)cc1)c1cc(CC)ccc1C)c1cc(CC)ccc1C. The Morgan fingerprint density at radius 3 is 1.21 bits per heavy atom. The lowest BCUT2D eigenvalue weighted by Gasteiger charge is -2.36. The van der Waals surface area contributed by atoms with Gasteiger partial charge in [0.25, 0.3) is 0 Å². The quantitative estimate of drug-likeness (QED) is 0.0803. The van der Waals surface area contributed by atoms with Gasteiger partial charge in [0.15, 0.2) is 0 Å². The summed E-state index contributed by atoms with van der Waals surface area (Å²) in [5.74, 6) is 0. The van der Waals surface area contributed by atoms with E-state index in [0.29, 0.717) is 0 Å². The third-order valence-corrected chi connectivity index (χ3v) is 11.4. The highest BCUT2D eigenvalue weighted by Crippen LogP contribution is 2.43. The van der Waals surface area contributed by atoms with Gasteiger partial charge in [-0.2, -0.15) is 0 Å². The Kier molecular flexibility index (Phi) is 13.7. The molecule has 2 atom stereocenters. The predicted molar refractivity (Wildman–Crippen MR) is 232 cm³/mol. The molecule has 0 N–H and O–H groups in total. The zero-order valence-corrected chi connectivity index (χ0v) is 33.9. The van der Waals surface area contributed by atoms with Crippen LogP contribution in [0.3, 0.4) is 0 Å². The number of allylic oxidation sites excluding steroid dienone is 4. The maximum atomic E-state index is 4.74. The maximum absolute atomic E-state index is 4.74. The van der Waals surface area contributed by atoms with Crippen LogP contribution in [-0.2, 0) is 23.7 Å². The first-order chi connectivity index (χ1) is 24.7. The van der Waals surface area contributed by atoms with E-state index in [2.05, 4.69) is 189 Å². The number of benzene rings is 4.